The van der Waals surface area contributed by atoms with Crippen LogP contribution in [0.2, 0.25) is 0 Å². The number of nitrogens with two attached hydrogens (primary N) is 1. The molecule has 0 spiro atoms. The van der Waals surface area contributed by atoms with Crippen LogP contribution in [0.15, 0.2) is 18.2 Å². The van der Waals surface area contributed by atoms with Crippen molar-refractivity contribution in [2.45, 2.75) is 13.0 Å². The lowest BCUT2D eigenvalue weighted by atomic mass is 10.1. The molecule has 0 aromatic heterocycles. The standard InChI is InChI=1S/C13H19N3O3/c1-8-6-9(12(17)15-2)4-5-10(8)16-13(18)11(7-14)19-3/h4-6,11H,7,14H2,1-3H3,(H,15,17)(H,16,18). The number of ether oxygens (including phenoxy) is 1. The molecule has 6 heteroatoms. The van der Waals surface area contributed by atoms with Gasteiger partial charge in [-0.2, -0.15) is 0 Å². The van der Waals surface area contributed by atoms with Gasteiger partial charge in [-0.15, -0.1) is 0 Å². The van der Waals surface area contributed by atoms with E-state index in [1.165, 1.54) is 7.11 Å². The van der Waals surface area contributed by atoms with Crippen molar-refractivity contribution in [3.05, 3.63) is 29.3 Å². The minimum atomic E-state index is -0.682. The second-order valence-electron chi connectivity index (χ2n) is 4.06. The number of carbonyl (C=O) groups excluding carboxylic acids is 2. The maximum atomic E-state index is 11.8. The number of amides is 2. The van der Waals surface area contributed by atoms with E-state index < -0.39 is 6.10 Å². The van der Waals surface area contributed by atoms with Crippen LogP contribution in [0.5, 0.6) is 0 Å². The topological polar surface area (TPSA) is 93.5 Å². The van der Waals surface area contributed by atoms with Gasteiger partial charge in [-0.3, -0.25) is 9.59 Å². The summed E-state index contributed by atoms with van der Waals surface area (Å²) < 4.78 is 4.95. The Bertz CT molecular complexity index is 470. The minimum absolute atomic E-state index is 0.109. The zero-order valence-electron chi connectivity index (χ0n) is 11.3. The molecule has 104 valence electrons. The molecule has 0 aliphatic heterocycles. The van der Waals surface area contributed by atoms with Crippen molar-refractivity contribution in [2.75, 3.05) is 26.0 Å². The fourth-order valence-electron chi connectivity index (χ4n) is 1.61. The number of aryl methyl sites for hydroxylation is 1. The molecule has 1 aromatic carbocycles. The number of anilines is 1. The second kappa shape index (κ2) is 6.86. The van der Waals surface area contributed by atoms with Crippen molar-refractivity contribution < 1.29 is 14.3 Å². The van der Waals surface area contributed by atoms with E-state index in [0.29, 0.717) is 11.3 Å². The molecule has 0 saturated carbocycles. The SMILES string of the molecule is CNC(=O)c1ccc(NC(=O)C(CN)OC)c(C)c1. The van der Waals surface area contributed by atoms with E-state index in [1.807, 2.05) is 6.92 Å². The Hall–Kier alpha value is -1.92. The lowest BCUT2D eigenvalue weighted by molar-refractivity contribution is -0.125. The number of rotatable bonds is 5. The zero-order valence-corrected chi connectivity index (χ0v) is 11.3. The highest BCUT2D eigenvalue weighted by atomic mass is 16.5. The van der Waals surface area contributed by atoms with Gasteiger partial charge in [0, 0.05) is 32.0 Å². The fraction of sp³-hybridized carbons (Fsp3) is 0.385. The lowest BCUT2D eigenvalue weighted by Gasteiger charge is -2.15. The third kappa shape index (κ3) is 3.77. The Labute approximate surface area is 112 Å². The Balaban J connectivity index is 2.86. The van der Waals surface area contributed by atoms with Crippen LogP contribution >= 0.6 is 0 Å². The van der Waals surface area contributed by atoms with Gasteiger partial charge in [0.15, 0.2) is 0 Å². The average molecular weight is 265 g/mol. The molecule has 2 amide bonds. The van der Waals surface area contributed by atoms with E-state index in [9.17, 15) is 9.59 Å². The molecular formula is C13H19N3O3. The van der Waals surface area contributed by atoms with E-state index in [-0.39, 0.29) is 18.4 Å². The molecule has 0 radical (unpaired) electrons. The van der Waals surface area contributed by atoms with Gasteiger partial charge in [-0.1, -0.05) is 0 Å². The predicted octanol–water partition coefficient (Wildman–Crippen LogP) is 0.267. The van der Waals surface area contributed by atoms with Crippen LogP contribution in [0.4, 0.5) is 5.69 Å². The van der Waals surface area contributed by atoms with Crippen LogP contribution in [-0.2, 0) is 9.53 Å². The Morgan fingerprint density at radius 3 is 2.58 bits per heavy atom. The molecule has 1 unspecified atom stereocenters. The zero-order chi connectivity index (χ0) is 14.4. The van der Waals surface area contributed by atoms with Gasteiger partial charge in [0.05, 0.1) is 0 Å². The van der Waals surface area contributed by atoms with Gasteiger partial charge in [0.25, 0.3) is 11.8 Å². The largest absolute Gasteiger partial charge is 0.370 e. The molecule has 1 atom stereocenters. The minimum Gasteiger partial charge on any atom is -0.370 e. The second-order valence-corrected chi connectivity index (χ2v) is 4.06. The summed E-state index contributed by atoms with van der Waals surface area (Å²) in [4.78, 5) is 23.3. The highest BCUT2D eigenvalue weighted by molar-refractivity contribution is 5.97. The Morgan fingerprint density at radius 1 is 1.42 bits per heavy atom. The predicted molar refractivity (Wildman–Crippen MR) is 73.1 cm³/mol. The molecule has 1 aromatic rings. The quantitative estimate of drug-likeness (QED) is 0.712. The van der Waals surface area contributed by atoms with Crippen LogP contribution in [-0.4, -0.2) is 38.6 Å². The molecule has 19 heavy (non-hydrogen) atoms. The number of benzene rings is 1. The molecule has 0 saturated heterocycles. The van der Waals surface area contributed by atoms with Crippen molar-refractivity contribution in [3.63, 3.8) is 0 Å². The summed E-state index contributed by atoms with van der Waals surface area (Å²) in [6.45, 7) is 1.92. The van der Waals surface area contributed by atoms with Crippen molar-refractivity contribution in [1.29, 1.82) is 0 Å². The van der Waals surface area contributed by atoms with Crippen molar-refractivity contribution in [2.24, 2.45) is 5.73 Å². The first-order chi connectivity index (χ1) is 9.03. The number of methoxy groups -OCH3 is 1. The lowest BCUT2D eigenvalue weighted by Crippen LogP contribution is -2.36. The first kappa shape index (κ1) is 15.1. The molecule has 0 aliphatic carbocycles. The molecule has 1 rings (SSSR count). The third-order valence-electron chi connectivity index (χ3n) is 2.76. The molecule has 0 fully saturated rings. The molecule has 0 heterocycles. The van der Waals surface area contributed by atoms with Crippen molar-refractivity contribution in [1.82, 2.24) is 5.32 Å². The van der Waals surface area contributed by atoms with Gasteiger partial charge in [-0.25, -0.2) is 0 Å². The van der Waals surface area contributed by atoms with Crippen LogP contribution in [0.3, 0.4) is 0 Å². The third-order valence-corrected chi connectivity index (χ3v) is 2.76. The Morgan fingerprint density at radius 2 is 2.11 bits per heavy atom. The van der Waals surface area contributed by atoms with Gasteiger partial charge in [0.2, 0.25) is 0 Å². The summed E-state index contributed by atoms with van der Waals surface area (Å²) in [6, 6.07) is 5.03. The smallest absolute Gasteiger partial charge is 0.254 e. The van der Waals surface area contributed by atoms with Gasteiger partial charge in [0.1, 0.15) is 6.10 Å². The van der Waals surface area contributed by atoms with Crippen LogP contribution < -0.4 is 16.4 Å². The normalized spacial score (nSPS) is 11.8. The molecule has 0 aliphatic rings. The number of carbonyl (C=O) groups is 2. The van der Waals surface area contributed by atoms with E-state index in [4.69, 9.17) is 10.5 Å². The summed E-state index contributed by atoms with van der Waals surface area (Å²) in [6.07, 6.45) is -0.682. The Kier molecular flexibility index (Phi) is 5.47. The number of nitrogens with one attached hydrogen (secondary N) is 2. The monoisotopic (exact) mass is 265 g/mol. The van der Waals surface area contributed by atoms with Crippen LogP contribution in [0.25, 0.3) is 0 Å². The first-order valence-electron chi connectivity index (χ1n) is 5.90. The van der Waals surface area contributed by atoms with Gasteiger partial charge in [-0.05, 0) is 30.7 Å². The number of hydrogen-bond acceptors (Lipinski definition) is 4. The van der Waals surface area contributed by atoms with Gasteiger partial charge >= 0.3 is 0 Å². The molecule has 0 bridgehead atoms. The average Bonchev–Trinajstić information content (AvgIpc) is 2.41. The highest BCUT2D eigenvalue weighted by Crippen LogP contribution is 2.17. The van der Waals surface area contributed by atoms with E-state index in [2.05, 4.69) is 10.6 Å². The highest BCUT2D eigenvalue weighted by Gasteiger charge is 2.16. The van der Waals surface area contributed by atoms with Crippen LogP contribution in [0.1, 0.15) is 15.9 Å². The maximum absolute atomic E-state index is 11.8. The molecular weight excluding hydrogens is 246 g/mol. The van der Waals surface area contributed by atoms with Gasteiger partial charge < -0.3 is 21.1 Å². The maximum Gasteiger partial charge on any atom is 0.254 e. The van der Waals surface area contributed by atoms with E-state index >= 15 is 0 Å². The first-order valence-corrected chi connectivity index (χ1v) is 5.90. The summed E-state index contributed by atoms with van der Waals surface area (Å²) in [5.41, 5.74) is 7.39. The summed E-state index contributed by atoms with van der Waals surface area (Å²) >= 11 is 0. The fourth-order valence-corrected chi connectivity index (χ4v) is 1.61. The van der Waals surface area contributed by atoms with Crippen molar-refractivity contribution >= 4 is 17.5 Å². The number of hydrogen-bond donors (Lipinski definition) is 3. The molecule has 6 nitrogen and oxygen atoms in total. The summed E-state index contributed by atoms with van der Waals surface area (Å²) in [5.74, 6) is -0.474. The van der Waals surface area contributed by atoms with E-state index in [0.717, 1.165) is 5.56 Å². The van der Waals surface area contributed by atoms with Crippen molar-refractivity contribution in [3.8, 4) is 0 Å². The van der Waals surface area contributed by atoms with Crippen LogP contribution in [0, 0.1) is 6.92 Å². The summed E-state index contributed by atoms with van der Waals surface area (Å²) in [5, 5.41) is 5.26. The van der Waals surface area contributed by atoms with E-state index in [1.54, 1.807) is 25.2 Å². The molecule has 4 N–H and O–H groups in total. The summed E-state index contributed by atoms with van der Waals surface area (Å²) in [7, 11) is 3.00.